The van der Waals surface area contributed by atoms with Crippen LogP contribution in [-0.2, 0) is 20.8 Å². The number of aromatic carboxylic acids is 1. The van der Waals surface area contributed by atoms with E-state index in [1.54, 1.807) is 0 Å². The van der Waals surface area contributed by atoms with Crippen molar-refractivity contribution >= 4 is 18.0 Å². The Morgan fingerprint density at radius 2 is 1.71 bits per heavy atom. The number of hydrogen-bond acceptors (Lipinski definition) is 7. The fourth-order valence-electron chi connectivity index (χ4n) is 3.89. The van der Waals surface area contributed by atoms with Gasteiger partial charge in [-0.15, -0.1) is 0 Å². The number of carboxylic acid groups (broad SMARTS) is 1. The molecule has 0 spiro atoms. The highest BCUT2D eigenvalue weighted by Crippen LogP contribution is 2.44. The molecular weight excluding hydrogens is 442 g/mol. The number of rotatable bonds is 9. The second-order valence-electron chi connectivity index (χ2n) is 7.63. The van der Waals surface area contributed by atoms with Crippen LogP contribution in [-0.4, -0.2) is 54.6 Å². The molecule has 0 saturated heterocycles. The number of alkyl carbamates (subject to hydrolysis) is 1. The molecule has 0 aliphatic heterocycles. The number of amides is 2. The van der Waals surface area contributed by atoms with Gasteiger partial charge >= 0.3 is 12.1 Å². The van der Waals surface area contributed by atoms with Crippen molar-refractivity contribution in [3.8, 4) is 11.1 Å². The predicted molar refractivity (Wildman–Crippen MR) is 119 cm³/mol. The summed E-state index contributed by atoms with van der Waals surface area (Å²) in [5.41, 5.74) is 4.20. The monoisotopic (exact) mass is 465 g/mol. The van der Waals surface area contributed by atoms with E-state index in [0.29, 0.717) is 0 Å². The maximum absolute atomic E-state index is 12.3. The minimum atomic E-state index is -1.23. The highest BCUT2D eigenvalue weighted by atomic mass is 16.5. The molecule has 2 aromatic carbocycles. The predicted octanol–water partition coefficient (Wildman–Crippen LogP) is 2.54. The maximum atomic E-state index is 12.3. The summed E-state index contributed by atoms with van der Waals surface area (Å²) in [4.78, 5) is 35.5. The molecule has 1 aromatic heterocycles. The zero-order valence-electron chi connectivity index (χ0n) is 18.3. The number of carbonyl (C=O) groups excluding carboxylic acids is 2. The molecule has 0 radical (unpaired) electrons. The summed E-state index contributed by atoms with van der Waals surface area (Å²) >= 11 is 0. The zero-order chi connectivity index (χ0) is 24.1. The van der Waals surface area contributed by atoms with E-state index in [4.69, 9.17) is 19.1 Å². The smallest absolute Gasteiger partial charge is 0.407 e. The number of ether oxygens (including phenoxy) is 2. The lowest BCUT2D eigenvalue weighted by Crippen LogP contribution is -2.43. The first-order chi connectivity index (χ1) is 16.5. The Hall–Kier alpha value is -4.18. The van der Waals surface area contributed by atoms with Crippen molar-refractivity contribution in [2.45, 2.75) is 18.6 Å². The number of aromatic nitrogens is 1. The van der Waals surface area contributed by atoms with E-state index >= 15 is 0 Å². The fraction of sp³-hybridized carbons (Fsp3) is 0.250. The summed E-state index contributed by atoms with van der Waals surface area (Å²) in [6, 6.07) is 17.3. The molecule has 3 aromatic rings. The van der Waals surface area contributed by atoms with Crippen LogP contribution in [0, 0.1) is 0 Å². The van der Waals surface area contributed by atoms with Crippen molar-refractivity contribution in [3.05, 3.63) is 77.2 Å². The summed E-state index contributed by atoms with van der Waals surface area (Å²) in [5.74, 6) is -1.65. The lowest BCUT2D eigenvalue weighted by atomic mass is 9.98. The van der Waals surface area contributed by atoms with Crippen LogP contribution in [0.4, 0.5) is 4.79 Å². The normalized spacial score (nSPS) is 13.0. The average molecular weight is 465 g/mol. The summed E-state index contributed by atoms with van der Waals surface area (Å²) in [5, 5.41) is 17.3. The second kappa shape index (κ2) is 10.2. The van der Waals surface area contributed by atoms with E-state index < -0.39 is 24.1 Å². The number of hydrogen-bond donors (Lipinski definition) is 3. The van der Waals surface area contributed by atoms with E-state index in [-0.39, 0.29) is 37.1 Å². The standard InChI is InChI=1S/C24H23N3O7/c1-32-21(22(28)25-11-14-10-20(23(29)30)27-34-14)12-26-24(31)33-13-19-17-8-4-2-6-15(17)16-7-3-5-9-18(16)19/h2-10,19,21H,11-13H2,1H3,(H,25,28)(H,26,31)(H,29,30). The molecule has 176 valence electrons. The van der Waals surface area contributed by atoms with Gasteiger partial charge in [0.2, 0.25) is 0 Å². The molecule has 10 heteroatoms. The third-order valence-electron chi connectivity index (χ3n) is 5.57. The highest BCUT2D eigenvalue weighted by molar-refractivity contribution is 5.85. The van der Waals surface area contributed by atoms with Crippen LogP contribution >= 0.6 is 0 Å². The number of fused-ring (bicyclic) bond motifs is 3. The van der Waals surface area contributed by atoms with Crippen molar-refractivity contribution in [1.82, 2.24) is 15.8 Å². The fourth-order valence-corrected chi connectivity index (χ4v) is 3.89. The molecule has 4 rings (SSSR count). The summed E-state index contributed by atoms with van der Waals surface area (Å²) in [6.07, 6.45) is -1.65. The van der Waals surface area contributed by atoms with Gasteiger partial charge in [-0.1, -0.05) is 53.7 Å². The summed E-state index contributed by atoms with van der Waals surface area (Å²) in [7, 11) is 1.33. The molecule has 1 unspecified atom stereocenters. The number of nitrogens with one attached hydrogen (secondary N) is 2. The van der Waals surface area contributed by atoms with E-state index in [2.05, 4.69) is 27.9 Å². The van der Waals surface area contributed by atoms with Crippen molar-refractivity contribution in [2.75, 3.05) is 20.3 Å². The molecule has 34 heavy (non-hydrogen) atoms. The maximum Gasteiger partial charge on any atom is 0.407 e. The SMILES string of the molecule is COC(CNC(=O)OCC1c2ccccc2-c2ccccc21)C(=O)NCc1cc(C(=O)O)no1. The Morgan fingerprint density at radius 3 is 2.29 bits per heavy atom. The van der Waals surface area contributed by atoms with Crippen LogP contribution in [0.3, 0.4) is 0 Å². The Bertz CT molecular complexity index is 1160. The Labute approximate surface area is 194 Å². The molecule has 3 N–H and O–H groups in total. The molecule has 2 amide bonds. The molecular formula is C24H23N3O7. The summed E-state index contributed by atoms with van der Waals surface area (Å²) < 4.78 is 15.4. The molecule has 10 nitrogen and oxygen atoms in total. The number of carbonyl (C=O) groups is 3. The van der Waals surface area contributed by atoms with Gasteiger partial charge in [0.25, 0.3) is 5.91 Å². The number of methoxy groups -OCH3 is 1. The van der Waals surface area contributed by atoms with Gasteiger partial charge in [0, 0.05) is 19.1 Å². The summed E-state index contributed by atoms with van der Waals surface area (Å²) in [6.45, 7) is -0.0409. The number of nitrogens with zero attached hydrogens (tertiary/aromatic N) is 1. The Kier molecular flexibility index (Phi) is 6.88. The lowest BCUT2D eigenvalue weighted by Gasteiger charge is -2.17. The van der Waals surface area contributed by atoms with E-state index in [0.717, 1.165) is 22.3 Å². The first-order valence-electron chi connectivity index (χ1n) is 10.6. The van der Waals surface area contributed by atoms with Gasteiger partial charge in [-0.05, 0) is 22.3 Å². The molecule has 0 fully saturated rings. The lowest BCUT2D eigenvalue weighted by molar-refractivity contribution is -0.131. The first kappa shape index (κ1) is 23.0. The van der Waals surface area contributed by atoms with Crippen molar-refractivity contribution in [3.63, 3.8) is 0 Å². The van der Waals surface area contributed by atoms with Gasteiger partial charge < -0.3 is 29.7 Å². The van der Waals surface area contributed by atoms with E-state index in [9.17, 15) is 14.4 Å². The van der Waals surface area contributed by atoms with Gasteiger partial charge in [-0.2, -0.15) is 0 Å². The molecule has 1 atom stereocenters. The van der Waals surface area contributed by atoms with Crippen LogP contribution in [0.5, 0.6) is 0 Å². The first-order valence-corrected chi connectivity index (χ1v) is 10.6. The van der Waals surface area contributed by atoms with Crippen LogP contribution in [0.1, 0.15) is 33.3 Å². The topological polar surface area (TPSA) is 140 Å². The van der Waals surface area contributed by atoms with Gasteiger partial charge in [0.15, 0.2) is 17.6 Å². The van der Waals surface area contributed by atoms with Gasteiger partial charge in [0.05, 0.1) is 13.1 Å². The van der Waals surface area contributed by atoms with Gasteiger partial charge in [-0.3, -0.25) is 4.79 Å². The van der Waals surface area contributed by atoms with Crippen LogP contribution < -0.4 is 10.6 Å². The molecule has 1 aliphatic rings. The Morgan fingerprint density at radius 1 is 1.06 bits per heavy atom. The quantitative estimate of drug-likeness (QED) is 0.438. The largest absolute Gasteiger partial charge is 0.476 e. The van der Waals surface area contributed by atoms with Crippen LogP contribution in [0.25, 0.3) is 11.1 Å². The minimum absolute atomic E-state index is 0.0720. The van der Waals surface area contributed by atoms with E-state index in [1.807, 2.05) is 36.4 Å². The second-order valence-corrected chi connectivity index (χ2v) is 7.63. The van der Waals surface area contributed by atoms with Crippen molar-refractivity contribution in [1.29, 1.82) is 0 Å². The van der Waals surface area contributed by atoms with Crippen molar-refractivity contribution < 1.29 is 33.5 Å². The minimum Gasteiger partial charge on any atom is -0.476 e. The number of benzene rings is 2. The van der Waals surface area contributed by atoms with Gasteiger partial charge in [0.1, 0.15) is 6.61 Å². The average Bonchev–Trinajstić information content (AvgIpc) is 3.45. The third kappa shape index (κ3) is 4.91. The molecule has 1 heterocycles. The highest BCUT2D eigenvalue weighted by Gasteiger charge is 2.29. The third-order valence-corrected chi connectivity index (χ3v) is 5.57. The van der Waals surface area contributed by atoms with Gasteiger partial charge in [-0.25, -0.2) is 9.59 Å². The van der Waals surface area contributed by atoms with Crippen molar-refractivity contribution in [2.24, 2.45) is 0 Å². The van der Waals surface area contributed by atoms with Crippen LogP contribution in [0.2, 0.25) is 0 Å². The number of carboxylic acids is 1. The Balaban J connectivity index is 1.27. The molecule has 0 bridgehead atoms. The molecule has 0 saturated carbocycles. The molecule has 1 aliphatic carbocycles. The van der Waals surface area contributed by atoms with E-state index in [1.165, 1.54) is 13.2 Å². The van der Waals surface area contributed by atoms with Crippen LogP contribution in [0.15, 0.2) is 59.1 Å². The zero-order valence-corrected chi connectivity index (χ0v) is 18.3.